The molecule has 0 bridgehead atoms. The second kappa shape index (κ2) is 4.22. The Bertz CT molecular complexity index is 241. The van der Waals surface area contributed by atoms with Gasteiger partial charge in [0.25, 0.3) is 0 Å². The summed E-state index contributed by atoms with van der Waals surface area (Å²) in [5.41, 5.74) is 0. The molecule has 1 aromatic rings. The van der Waals surface area contributed by atoms with Crippen molar-refractivity contribution in [2.75, 3.05) is 6.54 Å². The van der Waals surface area contributed by atoms with Gasteiger partial charge in [-0.3, -0.25) is 0 Å². The summed E-state index contributed by atoms with van der Waals surface area (Å²) in [6.07, 6.45) is 2.91. The summed E-state index contributed by atoms with van der Waals surface area (Å²) in [6.45, 7) is 1.06. The van der Waals surface area contributed by atoms with Crippen LogP contribution in [0, 0.1) is 0 Å². The van der Waals surface area contributed by atoms with Gasteiger partial charge in [0.1, 0.15) is 0 Å². The topological polar surface area (TPSA) is 32.3 Å². The molecule has 1 aromatic heterocycles. The molecule has 2 N–H and O–H groups in total. The third kappa shape index (κ3) is 2.30. The van der Waals surface area contributed by atoms with Gasteiger partial charge in [-0.2, -0.15) is 0 Å². The Morgan fingerprint density at radius 1 is 1.69 bits per heavy atom. The molecule has 72 valence electrons. The van der Waals surface area contributed by atoms with Crippen LogP contribution in [0.5, 0.6) is 0 Å². The molecule has 2 heterocycles. The van der Waals surface area contributed by atoms with Crippen molar-refractivity contribution in [1.29, 1.82) is 0 Å². The molecule has 0 aromatic carbocycles. The number of hydrogen-bond donors (Lipinski definition) is 2. The first-order valence-electron chi connectivity index (χ1n) is 4.80. The third-order valence-electron chi connectivity index (χ3n) is 2.55. The van der Waals surface area contributed by atoms with E-state index in [0.29, 0.717) is 6.04 Å². The van der Waals surface area contributed by atoms with Gasteiger partial charge in [-0.1, -0.05) is 6.07 Å². The van der Waals surface area contributed by atoms with E-state index in [1.165, 1.54) is 11.3 Å². The number of aliphatic hydroxyl groups is 1. The van der Waals surface area contributed by atoms with Crippen LogP contribution >= 0.6 is 11.3 Å². The van der Waals surface area contributed by atoms with Crippen molar-refractivity contribution in [3.63, 3.8) is 0 Å². The van der Waals surface area contributed by atoms with Crippen LogP contribution < -0.4 is 5.32 Å². The molecule has 2 nitrogen and oxygen atoms in total. The van der Waals surface area contributed by atoms with Crippen LogP contribution in [0.25, 0.3) is 0 Å². The highest BCUT2D eigenvalue weighted by atomic mass is 32.1. The largest absolute Gasteiger partial charge is 0.391 e. The minimum atomic E-state index is -0.207. The molecular formula is C10H15NOS. The van der Waals surface area contributed by atoms with Gasteiger partial charge in [0.05, 0.1) is 6.10 Å². The zero-order valence-electron chi connectivity index (χ0n) is 7.57. The molecule has 2 rings (SSSR count). The Morgan fingerprint density at radius 3 is 3.23 bits per heavy atom. The quantitative estimate of drug-likeness (QED) is 0.768. The fourth-order valence-corrected chi connectivity index (χ4v) is 2.57. The molecule has 0 aliphatic carbocycles. The first-order chi connectivity index (χ1) is 6.36. The Labute approximate surface area is 82.6 Å². The van der Waals surface area contributed by atoms with E-state index in [1.54, 1.807) is 11.3 Å². The third-order valence-corrected chi connectivity index (χ3v) is 3.45. The van der Waals surface area contributed by atoms with E-state index in [9.17, 15) is 5.11 Å². The normalized spacial score (nSPS) is 24.8. The second-order valence-corrected chi connectivity index (χ2v) is 4.59. The maximum absolute atomic E-state index is 9.86. The van der Waals surface area contributed by atoms with Crippen LogP contribution in [-0.4, -0.2) is 23.8 Å². The molecule has 13 heavy (non-hydrogen) atoms. The minimum absolute atomic E-state index is 0.207. The number of rotatable bonds is 3. The monoisotopic (exact) mass is 197 g/mol. The predicted molar refractivity (Wildman–Crippen MR) is 55.1 cm³/mol. The molecule has 1 fully saturated rings. The Hall–Kier alpha value is -0.380. The van der Waals surface area contributed by atoms with E-state index in [-0.39, 0.29) is 6.10 Å². The van der Waals surface area contributed by atoms with E-state index < -0.39 is 0 Å². The second-order valence-electron chi connectivity index (χ2n) is 3.55. The van der Waals surface area contributed by atoms with Crippen molar-refractivity contribution in [1.82, 2.24) is 5.32 Å². The molecule has 0 amide bonds. The summed E-state index contributed by atoms with van der Waals surface area (Å²) in [5.74, 6) is 0. The van der Waals surface area contributed by atoms with Crippen LogP contribution in [0.15, 0.2) is 17.5 Å². The van der Waals surface area contributed by atoms with Gasteiger partial charge in [0.15, 0.2) is 0 Å². The van der Waals surface area contributed by atoms with E-state index in [2.05, 4.69) is 16.8 Å². The van der Waals surface area contributed by atoms with E-state index in [4.69, 9.17) is 0 Å². The maximum atomic E-state index is 9.86. The van der Waals surface area contributed by atoms with Crippen LogP contribution in [0.1, 0.15) is 17.7 Å². The first-order valence-corrected chi connectivity index (χ1v) is 5.68. The highest BCUT2D eigenvalue weighted by molar-refractivity contribution is 7.09. The van der Waals surface area contributed by atoms with E-state index in [1.807, 2.05) is 6.07 Å². The van der Waals surface area contributed by atoms with Gasteiger partial charge in [-0.05, 0) is 30.8 Å². The van der Waals surface area contributed by atoms with Crippen molar-refractivity contribution in [3.05, 3.63) is 22.4 Å². The molecule has 1 unspecified atom stereocenters. The van der Waals surface area contributed by atoms with Gasteiger partial charge >= 0.3 is 0 Å². The molecule has 1 aliphatic rings. The molecular weight excluding hydrogens is 182 g/mol. The van der Waals surface area contributed by atoms with Crippen molar-refractivity contribution in [2.45, 2.75) is 31.4 Å². The molecule has 0 spiro atoms. The Balaban J connectivity index is 1.87. The van der Waals surface area contributed by atoms with Crippen molar-refractivity contribution in [2.24, 2.45) is 0 Å². The first kappa shape index (κ1) is 9.19. The van der Waals surface area contributed by atoms with E-state index >= 15 is 0 Å². The molecule has 0 saturated carbocycles. The fourth-order valence-electron chi connectivity index (χ4n) is 1.82. The van der Waals surface area contributed by atoms with E-state index in [0.717, 1.165) is 19.4 Å². The fraction of sp³-hybridized carbons (Fsp3) is 0.600. The highest BCUT2D eigenvalue weighted by Crippen LogP contribution is 2.16. The summed E-state index contributed by atoms with van der Waals surface area (Å²) in [5, 5.41) is 15.2. The van der Waals surface area contributed by atoms with Crippen molar-refractivity contribution in [3.8, 4) is 0 Å². The Kier molecular flexibility index (Phi) is 2.98. The summed E-state index contributed by atoms with van der Waals surface area (Å²) in [4.78, 5) is 1.28. The summed E-state index contributed by atoms with van der Waals surface area (Å²) >= 11 is 1.72. The molecule has 3 heteroatoms. The molecule has 2 atom stereocenters. The maximum Gasteiger partial charge on any atom is 0.0741 e. The number of hydrogen-bond acceptors (Lipinski definition) is 3. The van der Waals surface area contributed by atoms with Gasteiger partial charge in [-0.15, -0.1) is 11.3 Å². The van der Waals surface area contributed by atoms with Crippen LogP contribution in [-0.2, 0) is 6.42 Å². The lowest BCUT2D eigenvalue weighted by molar-refractivity contribution is 0.137. The zero-order valence-corrected chi connectivity index (χ0v) is 8.39. The summed E-state index contributed by atoms with van der Waals surface area (Å²) in [7, 11) is 0. The number of nitrogens with one attached hydrogen (secondary N) is 1. The lowest BCUT2D eigenvalue weighted by atomic mass is 10.1. The minimum Gasteiger partial charge on any atom is -0.391 e. The van der Waals surface area contributed by atoms with Gasteiger partial charge < -0.3 is 10.4 Å². The zero-order chi connectivity index (χ0) is 9.10. The smallest absolute Gasteiger partial charge is 0.0741 e. The van der Waals surface area contributed by atoms with Crippen molar-refractivity contribution < 1.29 is 5.11 Å². The highest BCUT2D eigenvalue weighted by Gasteiger charge is 2.22. The van der Waals surface area contributed by atoms with Crippen LogP contribution in [0.4, 0.5) is 0 Å². The standard InChI is InChI=1S/C10H15NOS/c12-10(9-4-1-5-11-9)7-8-3-2-6-13-8/h2-3,6,9-12H,1,4-5,7H2/t9-,10?/m1/s1. The van der Waals surface area contributed by atoms with Crippen LogP contribution in [0.3, 0.4) is 0 Å². The van der Waals surface area contributed by atoms with Gasteiger partial charge in [0, 0.05) is 17.3 Å². The lowest BCUT2D eigenvalue weighted by Gasteiger charge is -2.17. The summed E-state index contributed by atoms with van der Waals surface area (Å²) < 4.78 is 0. The lowest BCUT2D eigenvalue weighted by Crippen LogP contribution is -2.35. The Morgan fingerprint density at radius 2 is 2.62 bits per heavy atom. The van der Waals surface area contributed by atoms with Crippen LogP contribution in [0.2, 0.25) is 0 Å². The molecule has 0 radical (unpaired) electrons. The molecule has 1 aliphatic heterocycles. The van der Waals surface area contributed by atoms with Gasteiger partial charge in [-0.25, -0.2) is 0 Å². The van der Waals surface area contributed by atoms with Crippen molar-refractivity contribution >= 4 is 11.3 Å². The predicted octanol–water partition coefficient (Wildman–Crippen LogP) is 1.40. The SMILES string of the molecule is OC(Cc1cccs1)[C@H]1CCCN1. The average Bonchev–Trinajstić information content (AvgIpc) is 2.74. The number of aliphatic hydroxyl groups excluding tert-OH is 1. The summed E-state index contributed by atoms with van der Waals surface area (Å²) in [6, 6.07) is 4.44. The molecule has 1 saturated heterocycles. The number of thiophene rings is 1. The average molecular weight is 197 g/mol. The van der Waals surface area contributed by atoms with Gasteiger partial charge in [0.2, 0.25) is 0 Å².